The molecule has 1 aromatic heterocycles. The minimum atomic E-state index is -4.80. The molecule has 0 saturated carbocycles. The summed E-state index contributed by atoms with van der Waals surface area (Å²) >= 11 is 0. The molecule has 0 spiro atoms. The van der Waals surface area contributed by atoms with Crippen LogP contribution in [-0.2, 0) is 12.6 Å². The van der Waals surface area contributed by atoms with Crippen LogP contribution in [0.1, 0.15) is 24.7 Å². The lowest BCUT2D eigenvalue weighted by molar-refractivity contribution is -0.272. The normalized spacial score (nSPS) is 15.2. The molecular formula is C18H22F3N3O. The Kier molecular flexibility index (Phi) is 6.02. The maximum atomic E-state index is 13.4. The van der Waals surface area contributed by atoms with E-state index in [1.165, 1.54) is 24.0 Å². The number of halogens is 3. The standard InChI is InChI=1S/C18H22F3N3O/c1-14(12-15-6-4-3-5-7-15)13-22-9-8-17(25,18(19,20)21)16-23-10-11-24(16)2/h3-7,10-12,22,25H,8-9,13H2,1-2H3/b14-12-. The number of benzene rings is 1. The Morgan fingerprint density at radius 1 is 1.28 bits per heavy atom. The van der Waals surface area contributed by atoms with E-state index in [0.717, 1.165) is 11.1 Å². The summed E-state index contributed by atoms with van der Waals surface area (Å²) in [5, 5.41) is 13.2. The first-order chi connectivity index (χ1) is 11.7. The lowest BCUT2D eigenvalue weighted by atomic mass is 9.97. The number of nitrogens with zero attached hydrogens (tertiary/aromatic N) is 2. The highest BCUT2D eigenvalue weighted by molar-refractivity contribution is 5.52. The number of imidazole rings is 1. The van der Waals surface area contributed by atoms with E-state index in [0.29, 0.717) is 6.54 Å². The van der Waals surface area contributed by atoms with E-state index >= 15 is 0 Å². The molecule has 1 heterocycles. The summed E-state index contributed by atoms with van der Waals surface area (Å²) < 4.78 is 41.3. The van der Waals surface area contributed by atoms with Gasteiger partial charge in [0.05, 0.1) is 0 Å². The van der Waals surface area contributed by atoms with Gasteiger partial charge in [-0.1, -0.05) is 42.0 Å². The van der Waals surface area contributed by atoms with Crippen molar-refractivity contribution in [1.29, 1.82) is 0 Å². The largest absolute Gasteiger partial charge is 0.424 e. The Hall–Kier alpha value is -2.12. The number of hydrogen-bond donors (Lipinski definition) is 2. The molecule has 1 atom stereocenters. The summed E-state index contributed by atoms with van der Waals surface area (Å²) in [7, 11) is 1.43. The molecule has 0 amide bonds. The Bertz CT molecular complexity index is 710. The van der Waals surface area contributed by atoms with E-state index in [2.05, 4.69) is 10.3 Å². The highest BCUT2D eigenvalue weighted by Gasteiger charge is 2.56. The van der Waals surface area contributed by atoms with Gasteiger partial charge in [0, 0.05) is 32.4 Å². The molecule has 0 bridgehead atoms. The van der Waals surface area contributed by atoms with Crippen molar-refractivity contribution >= 4 is 6.08 Å². The molecule has 0 fully saturated rings. The van der Waals surface area contributed by atoms with E-state index in [1.54, 1.807) is 0 Å². The second-order valence-electron chi connectivity index (χ2n) is 6.05. The van der Waals surface area contributed by atoms with Crippen LogP contribution in [0.15, 0.2) is 48.3 Å². The van der Waals surface area contributed by atoms with Gasteiger partial charge >= 0.3 is 6.18 Å². The van der Waals surface area contributed by atoms with Crippen LogP contribution in [0.4, 0.5) is 13.2 Å². The molecule has 25 heavy (non-hydrogen) atoms. The van der Waals surface area contributed by atoms with Crippen LogP contribution in [0.25, 0.3) is 6.08 Å². The van der Waals surface area contributed by atoms with Gasteiger partial charge in [0.2, 0.25) is 5.60 Å². The summed E-state index contributed by atoms with van der Waals surface area (Å²) in [6.45, 7) is 2.33. The van der Waals surface area contributed by atoms with Crippen molar-refractivity contribution in [3.8, 4) is 0 Å². The van der Waals surface area contributed by atoms with Gasteiger partial charge in [-0.25, -0.2) is 4.98 Å². The van der Waals surface area contributed by atoms with Gasteiger partial charge in [-0.3, -0.25) is 0 Å². The van der Waals surface area contributed by atoms with E-state index in [-0.39, 0.29) is 6.54 Å². The molecule has 0 aliphatic carbocycles. The third-order valence-electron chi connectivity index (χ3n) is 3.94. The van der Waals surface area contributed by atoms with Crippen molar-refractivity contribution in [3.63, 3.8) is 0 Å². The van der Waals surface area contributed by atoms with E-state index < -0.39 is 24.0 Å². The molecule has 0 aliphatic rings. The van der Waals surface area contributed by atoms with E-state index in [1.807, 2.05) is 43.3 Å². The first-order valence-electron chi connectivity index (χ1n) is 7.94. The van der Waals surface area contributed by atoms with Gasteiger partial charge in [-0.05, 0) is 19.0 Å². The molecule has 2 N–H and O–H groups in total. The smallest absolute Gasteiger partial charge is 0.374 e. The Morgan fingerprint density at radius 2 is 1.96 bits per heavy atom. The van der Waals surface area contributed by atoms with Gasteiger partial charge in [-0.2, -0.15) is 13.2 Å². The van der Waals surface area contributed by atoms with E-state index in [4.69, 9.17) is 0 Å². The number of alkyl halides is 3. The number of rotatable bonds is 7. The lowest BCUT2D eigenvalue weighted by Gasteiger charge is -2.30. The summed E-state index contributed by atoms with van der Waals surface area (Å²) in [5.41, 5.74) is -0.963. The zero-order valence-corrected chi connectivity index (χ0v) is 14.2. The quantitative estimate of drug-likeness (QED) is 0.752. The first kappa shape index (κ1) is 19.2. The van der Waals surface area contributed by atoms with Gasteiger partial charge in [-0.15, -0.1) is 0 Å². The van der Waals surface area contributed by atoms with Crippen LogP contribution in [0.5, 0.6) is 0 Å². The van der Waals surface area contributed by atoms with Gasteiger partial charge in [0.25, 0.3) is 0 Å². The fourth-order valence-electron chi connectivity index (χ4n) is 2.58. The minimum Gasteiger partial charge on any atom is -0.374 e. The predicted octanol–water partition coefficient (Wildman–Crippen LogP) is 3.25. The Labute approximate surface area is 145 Å². The maximum absolute atomic E-state index is 13.4. The Balaban J connectivity index is 1.96. The van der Waals surface area contributed by atoms with Crippen molar-refractivity contribution in [3.05, 3.63) is 59.7 Å². The number of hydrogen-bond acceptors (Lipinski definition) is 3. The Morgan fingerprint density at radius 3 is 2.52 bits per heavy atom. The molecular weight excluding hydrogens is 331 g/mol. The third kappa shape index (κ3) is 4.70. The predicted molar refractivity (Wildman–Crippen MR) is 90.7 cm³/mol. The first-order valence-corrected chi connectivity index (χ1v) is 7.94. The molecule has 7 heteroatoms. The SMILES string of the molecule is C/C(=C/c1ccccc1)CNCCC(O)(c1nccn1C)C(F)(F)F. The van der Waals surface area contributed by atoms with Gasteiger partial charge in [0.1, 0.15) is 5.82 Å². The number of aromatic nitrogens is 2. The summed E-state index contributed by atoms with van der Waals surface area (Å²) in [5.74, 6) is -0.404. The fraction of sp³-hybridized carbons (Fsp3) is 0.389. The molecule has 0 aliphatic heterocycles. The zero-order valence-electron chi connectivity index (χ0n) is 14.2. The summed E-state index contributed by atoms with van der Waals surface area (Å²) in [4.78, 5) is 3.68. The second kappa shape index (κ2) is 7.84. The molecule has 2 aromatic rings. The molecule has 2 rings (SSSR count). The number of nitrogens with one attached hydrogen (secondary N) is 1. The maximum Gasteiger partial charge on any atom is 0.424 e. The molecule has 1 unspecified atom stereocenters. The second-order valence-corrected chi connectivity index (χ2v) is 6.05. The highest BCUT2D eigenvalue weighted by Crippen LogP contribution is 2.40. The van der Waals surface area contributed by atoms with E-state index in [9.17, 15) is 18.3 Å². The zero-order chi connectivity index (χ0) is 18.5. The fourth-order valence-corrected chi connectivity index (χ4v) is 2.58. The molecule has 4 nitrogen and oxygen atoms in total. The number of aliphatic hydroxyl groups is 1. The van der Waals surface area contributed by atoms with Gasteiger partial charge in [0.15, 0.2) is 0 Å². The number of aryl methyl sites for hydroxylation is 1. The monoisotopic (exact) mass is 353 g/mol. The molecule has 136 valence electrons. The lowest BCUT2D eigenvalue weighted by Crippen LogP contribution is -2.46. The minimum absolute atomic E-state index is 0.00282. The topological polar surface area (TPSA) is 50.1 Å². The van der Waals surface area contributed by atoms with Crippen molar-refractivity contribution in [2.75, 3.05) is 13.1 Å². The van der Waals surface area contributed by atoms with Crippen molar-refractivity contribution < 1.29 is 18.3 Å². The molecule has 1 aromatic carbocycles. The highest BCUT2D eigenvalue weighted by atomic mass is 19.4. The van der Waals surface area contributed by atoms with Gasteiger partial charge < -0.3 is 15.0 Å². The van der Waals surface area contributed by atoms with Crippen LogP contribution in [0, 0.1) is 0 Å². The average molecular weight is 353 g/mol. The molecule has 0 saturated heterocycles. The van der Waals surface area contributed by atoms with Crippen molar-refractivity contribution in [2.24, 2.45) is 7.05 Å². The van der Waals surface area contributed by atoms with Crippen molar-refractivity contribution in [1.82, 2.24) is 14.9 Å². The van der Waals surface area contributed by atoms with Crippen LogP contribution < -0.4 is 5.32 Å². The summed E-state index contributed by atoms with van der Waals surface area (Å²) in [6.07, 6.45) is -0.733. The van der Waals surface area contributed by atoms with Crippen LogP contribution in [-0.4, -0.2) is 33.9 Å². The van der Waals surface area contributed by atoms with Crippen LogP contribution in [0.2, 0.25) is 0 Å². The van der Waals surface area contributed by atoms with Crippen molar-refractivity contribution in [2.45, 2.75) is 25.1 Å². The summed E-state index contributed by atoms with van der Waals surface area (Å²) in [6, 6.07) is 9.66. The van der Waals surface area contributed by atoms with Crippen LogP contribution >= 0.6 is 0 Å². The van der Waals surface area contributed by atoms with Crippen LogP contribution in [0.3, 0.4) is 0 Å². The third-order valence-corrected chi connectivity index (χ3v) is 3.94. The average Bonchev–Trinajstić information content (AvgIpc) is 2.98. The molecule has 0 radical (unpaired) electrons.